The Labute approximate surface area is 117 Å². The van der Waals surface area contributed by atoms with Gasteiger partial charge in [0.2, 0.25) is 0 Å². The van der Waals surface area contributed by atoms with Crippen LogP contribution in [-0.4, -0.2) is 6.54 Å². The molecule has 2 N–H and O–H groups in total. The predicted octanol–water partition coefficient (Wildman–Crippen LogP) is 4.10. The van der Waals surface area contributed by atoms with Gasteiger partial charge in [-0.15, -0.1) is 0 Å². The molecule has 2 aromatic carbocycles. The van der Waals surface area contributed by atoms with Gasteiger partial charge in [0.15, 0.2) is 0 Å². The van der Waals surface area contributed by atoms with Gasteiger partial charge in [-0.1, -0.05) is 23.7 Å². The lowest BCUT2D eigenvalue weighted by Crippen LogP contribution is -2.18. The quantitative estimate of drug-likeness (QED) is 0.912. The SMILES string of the molecule is CCN(c1cccc(F)c1)c1cc(Cl)ccc1CN. The topological polar surface area (TPSA) is 29.3 Å². The Kier molecular flexibility index (Phi) is 4.40. The molecule has 2 nitrogen and oxygen atoms in total. The smallest absolute Gasteiger partial charge is 0.125 e. The summed E-state index contributed by atoms with van der Waals surface area (Å²) in [5.74, 6) is -0.257. The van der Waals surface area contributed by atoms with Crippen LogP contribution in [0.3, 0.4) is 0 Å². The zero-order chi connectivity index (χ0) is 13.8. The molecule has 0 unspecified atom stereocenters. The molecular weight excluding hydrogens is 263 g/mol. The number of hydrogen-bond donors (Lipinski definition) is 1. The van der Waals surface area contributed by atoms with Crippen LogP contribution in [0.2, 0.25) is 5.02 Å². The van der Waals surface area contributed by atoms with E-state index in [2.05, 4.69) is 0 Å². The van der Waals surface area contributed by atoms with Gasteiger partial charge >= 0.3 is 0 Å². The number of rotatable bonds is 4. The van der Waals surface area contributed by atoms with Crippen molar-refractivity contribution < 1.29 is 4.39 Å². The minimum Gasteiger partial charge on any atom is -0.341 e. The van der Waals surface area contributed by atoms with Gasteiger partial charge in [0.1, 0.15) is 5.82 Å². The fourth-order valence-corrected chi connectivity index (χ4v) is 2.26. The van der Waals surface area contributed by atoms with E-state index < -0.39 is 0 Å². The highest BCUT2D eigenvalue weighted by Crippen LogP contribution is 2.31. The lowest BCUT2D eigenvalue weighted by Gasteiger charge is -2.26. The van der Waals surface area contributed by atoms with E-state index in [0.29, 0.717) is 18.1 Å². The van der Waals surface area contributed by atoms with Crippen LogP contribution in [0.1, 0.15) is 12.5 Å². The third kappa shape index (κ3) is 3.06. The fourth-order valence-electron chi connectivity index (χ4n) is 2.10. The number of nitrogens with zero attached hydrogens (tertiary/aromatic N) is 1. The number of anilines is 2. The lowest BCUT2D eigenvalue weighted by molar-refractivity contribution is 0.627. The van der Waals surface area contributed by atoms with Crippen LogP contribution in [0.5, 0.6) is 0 Å². The van der Waals surface area contributed by atoms with Crippen LogP contribution < -0.4 is 10.6 Å². The number of nitrogens with two attached hydrogens (primary N) is 1. The Morgan fingerprint density at radius 1 is 1.21 bits per heavy atom. The predicted molar refractivity (Wildman–Crippen MR) is 78.4 cm³/mol. The largest absolute Gasteiger partial charge is 0.341 e. The fraction of sp³-hybridized carbons (Fsp3) is 0.200. The normalized spacial score (nSPS) is 10.5. The maximum Gasteiger partial charge on any atom is 0.125 e. The number of hydrogen-bond acceptors (Lipinski definition) is 2. The average Bonchev–Trinajstić information content (AvgIpc) is 2.40. The molecule has 2 rings (SSSR count). The monoisotopic (exact) mass is 278 g/mol. The van der Waals surface area contributed by atoms with Gasteiger partial charge in [0.05, 0.1) is 0 Å². The molecule has 0 saturated carbocycles. The van der Waals surface area contributed by atoms with Crippen LogP contribution in [0, 0.1) is 5.82 Å². The van der Waals surface area contributed by atoms with E-state index in [1.165, 1.54) is 12.1 Å². The van der Waals surface area contributed by atoms with Crippen LogP contribution in [-0.2, 0) is 6.54 Å². The highest BCUT2D eigenvalue weighted by Gasteiger charge is 2.12. The molecule has 0 aliphatic heterocycles. The highest BCUT2D eigenvalue weighted by molar-refractivity contribution is 6.30. The van der Waals surface area contributed by atoms with Gasteiger partial charge in [-0.25, -0.2) is 4.39 Å². The summed E-state index contributed by atoms with van der Waals surface area (Å²) >= 11 is 6.05. The van der Waals surface area contributed by atoms with Crippen LogP contribution in [0.4, 0.5) is 15.8 Å². The van der Waals surface area contributed by atoms with Crippen molar-refractivity contribution in [1.29, 1.82) is 0 Å². The van der Waals surface area contributed by atoms with Gasteiger partial charge in [0, 0.05) is 29.5 Å². The van der Waals surface area contributed by atoms with Crippen molar-refractivity contribution in [2.24, 2.45) is 5.73 Å². The maximum absolute atomic E-state index is 13.4. The van der Waals surface area contributed by atoms with Crippen molar-refractivity contribution in [3.63, 3.8) is 0 Å². The third-order valence-electron chi connectivity index (χ3n) is 2.99. The molecule has 100 valence electrons. The highest BCUT2D eigenvalue weighted by atomic mass is 35.5. The molecule has 0 radical (unpaired) electrons. The van der Waals surface area contributed by atoms with Crippen LogP contribution in [0.15, 0.2) is 42.5 Å². The van der Waals surface area contributed by atoms with Gasteiger partial charge in [-0.05, 0) is 42.8 Å². The molecule has 19 heavy (non-hydrogen) atoms. The first-order chi connectivity index (χ1) is 9.15. The molecule has 0 heterocycles. The standard InChI is InChI=1S/C15H16ClFN2/c1-2-19(14-5-3-4-13(17)9-14)15-8-12(16)7-6-11(15)10-18/h3-9H,2,10,18H2,1H3. The Morgan fingerprint density at radius 2 is 2.00 bits per heavy atom. The lowest BCUT2D eigenvalue weighted by atomic mass is 10.1. The molecule has 0 atom stereocenters. The first-order valence-corrected chi connectivity index (χ1v) is 6.55. The zero-order valence-corrected chi connectivity index (χ0v) is 11.5. The Hall–Kier alpha value is -1.58. The molecule has 0 aliphatic rings. The molecule has 0 fully saturated rings. The van der Waals surface area contributed by atoms with Crippen molar-refractivity contribution in [2.75, 3.05) is 11.4 Å². The molecule has 0 saturated heterocycles. The Morgan fingerprint density at radius 3 is 2.63 bits per heavy atom. The Bertz CT molecular complexity index is 572. The minimum atomic E-state index is -0.257. The van der Waals surface area contributed by atoms with E-state index in [1.807, 2.05) is 36.1 Å². The van der Waals surface area contributed by atoms with Crippen LogP contribution in [0.25, 0.3) is 0 Å². The van der Waals surface area contributed by atoms with E-state index in [-0.39, 0.29) is 5.82 Å². The van der Waals surface area contributed by atoms with Crippen LogP contribution >= 0.6 is 11.6 Å². The van der Waals surface area contributed by atoms with E-state index in [4.69, 9.17) is 17.3 Å². The van der Waals surface area contributed by atoms with Gasteiger partial charge in [0.25, 0.3) is 0 Å². The summed E-state index contributed by atoms with van der Waals surface area (Å²) < 4.78 is 13.4. The van der Waals surface area contributed by atoms with Crippen molar-refractivity contribution in [3.05, 3.63) is 58.9 Å². The summed E-state index contributed by atoms with van der Waals surface area (Å²) in [7, 11) is 0. The maximum atomic E-state index is 13.4. The molecule has 0 aliphatic carbocycles. The summed E-state index contributed by atoms with van der Waals surface area (Å²) in [5.41, 5.74) is 8.45. The molecular formula is C15H16ClFN2. The second-order valence-electron chi connectivity index (χ2n) is 4.20. The van der Waals surface area contributed by atoms with E-state index >= 15 is 0 Å². The summed E-state index contributed by atoms with van der Waals surface area (Å²) in [6, 6.07) is 12.1. The first kappa shape index (κ1) is 13.8. The third-order valence-corrected chi connectivity index (χ3v) is 3.23. The van der Waals surface area contributed by atoms with Gasteiger partial charge in [-0.3, -0.25) is 0 Å². The van der Waals surface area contributed by atoms with Gasteiger partial charge < -0.3 is 10.6 Å². The summed E-state index contributed by atoms with van der Waals surface area (Å²) in [6.45, 7) is 3.13. The second-order valence-corrected chi connectivity index (χ2v) is 4.64. The molecule has 0 aromatic heterocycles. The van der Waals surface area contributed by atoms with Crippen molar-refractivity contribution in [3.8, 4) is 0 Å². The molecule has 0 bridgehead atoms. The first-order valence-electron chi connectivity index (χ1n) is 6.17. The zero-order valence-electron chi connectivity index (χ0n) is 10.7. The molecule has 0 spiro atoms. The van der Waals surface area contributed by atoms with Crippen molar-refractivity contribution in [2.45, 2.75) is 13.5 Å². The van der Waals surface area contributed by atoms with E-state index in [1.54, 1.807) is 6.07 Å². The van der Waals surface area contributed by atoms with Crippen molar-refractivity contribution >= 4 is 23.0 Å². The van der Waals surface area contributed by atoms with E-state index in [0.717, 1.165) is 16.9 Å². The average molecular weight is 279 g/mol. The summed E-state index contributed by atoms with van der Waals surface area (Å²) in [5, 5.41) is 0.641. The summed E-state index contributed by atoms with van der Waals surface area (Å²) in [6.07, 6.45) is 0. The second kappa shape index (κ2) is 6.04. The molecule has 0 amide bonds. The number of halogens is 2. The minimum absolute atomic E-state index is 0.257. The summed E-state index contributed by atoms with van der Waals surface area (Å²) in [4.78, 5) is 2.00. The number of benzene rings is 2. The molecule has 2 aromatic rings. The Balaban J connectivity index is 2.50. The van der Waals surface area contributed by atoms with Gasteiger partial charge in [-0.2, -0.15) is 0 Å². The van der Waals surface area contributed by atoms with Crippen molar-refractivity contribution in [1.82, 2.24) is 0 Å². The molecule has 4 heteroatoms. The van der Waals surface area contributed by atoms with E-state index in [9.17, 15) is 4.39 Å².